The van der Waals surface area contributed by atoms with E-state index in [1.54, 1.807) is 12.3 Å². The van der Waals surface area contributed by atoms with Gasteiger partial charge >= 0.3 is 0 Å². The van der Waals surface area contributed by atoms with Crippen LogP contribution in [0.2, 0.25) is 0 Å². The van der Waals surface area contributed by atoms with Crippen molar-refractivity contribution in [3.8, 4) is 5.75 Å². The number of nitro benzene ring substituents is 1. The summed E-state index contributed by atoms with van der Waals surface area (Å²) in [5.41, 5.74) is 1.78. The summed E-state index contributed by atoms with van der Waals surface area (Å²) in [6.07, 6.45) is 3.67. The number of alkyl halides is 1. The van der Waals surface area contributed by atoms with Crippen molar-refractivity contribution in [1.82, 2.24) is 9.78 Å². The highest BCUT2D eigenvalue weighted by Gasteiger charge is 2.11. The van der Waals surface area contributed by atoms with E-state index in [2.05, 4.69) is 21.0 Å². The number of rotatable bonds is 6. The van der Waals surface area contributed by atoms with Crippen LogP contribution < -0.4 is 4.74 Å². The van der Waals surface area contributed by atoms with Crippen molar-refractivity contribution < 1.29 is 9.66 Å². The molecule has 1 heterocycles. The predicted octanol–water partition coefficient (Wildman–Crippen LogP) is 3.29. The first-order valence-electron chi connectivity index (χ1n) is 6.11. The minimum atomic E-state index is -0.415. The van der Waals surface area contributed by atoms with Gasteiger partial charge in [-0.05, 0) is 13.0 Å². The summed E-state index contributed by atoms with van der Waals surface area (Å²) in [6.45, 7) is 3.21. The lowest BCUT2D eigenvalue weighted by Gasteiger charge is -2.08. The fourth-order valence-corrected chi connectivity index (χ4v) is 2.18. The van der Waals surface area contributed by atoms with Crippen molar-refractivity contribution in [2.45, 2.75) is 25.4 Å². The smallest absolute Gasteiger partial charge is 0.270 e. The van der Waals surface area contributed by atoms with Gasteiger partial charge in [-0.2, -0.15) is 5.10 Å². The molecule has 0 aliphatic rings. The van der Waals surface area contributed by atoms with Crippen molar-refractivity contribution in [3.05, 3.63) is 51.8 Å². The molecule has 0 saturated heterocycles. The molecule has 0 aliphatic heterocycles. The number of nitro groups is 1. The van der Waals surface area contributed by atoms with E-state index in [1.807, 2.05) is 17.8 Å². The highest BCUT2D eigenvalue weighted by molar-refractivity contribution is 9.08. The summed E-state index contributed by atoms with van der Waals surface area (Å²) in [7, 11) is 0. The maximum atomic E-state index is 10.7. The molecule has 1 aromatic heterocycles. The van der Waals surface area contributed by atoms with Crippen LogP contribution in [0.25, 0.3) is 0 Å². The molecule has 0 unspecified atom stereocenters. The molecule has 0 bridgehead atoms. The Bertz CT molecular complexity index is 613. The normalized spacial score (nSPS) is 10.5. The van der Waals surface area contributed by atoms with Crippen molar-refractivity contribution in [2.24, 2.45) is 0 Å². The van der Waals surface area contributed by atoms with Gasteiger partial charge in [0.1, 0.15) is 12.4 Å². The van der Waals surface area contributed by atoms with Crippen molar-refractivity contribution in [3.63, 3.8) is 0 Å². The quantitative estimate of drug-likeness (QED) is 0.460. The van der Waals surface area contributed by atoms with Crippen LogP contribution >= 0.6 is 15.9 Å². The van der Waals surface area contributed by atoms with Crippen LogP contribution in [0, 0.1) is 10.1 Å². The van der Waals surface area contributed by atoms with Crippen molar-refractivity contribution >= 4 is 21.6 Å². The highest BCUT2D eigenvalue weighted by Crippen LogP contribution is 2.26. The lowest BCUT2D eigenvalue weighted by molar-refractivity contribution is -0.384. The van der Waals surface area contributed by atoms with Gasteiger partial charge in [-0.1, -0.05) is 15.9 Å². The van der Waals surface area contributed by atoms with Crippen LogP contribution in [0.1, 0.15) is 18.1 Å². The minimum Gasteiger partial charge on any atom is -0.488 e. The number of non-ortho nitro benzene ring substituents is 1. The maximum absolute atomic E-state index is 10.7. The van der Waals surface area contributed by atoms with Crippen LogP contribution in [-0.2, 0) is 18.5 Å². The lowest BCUT2D eigenvalue weighted by atomic mass is 10.2. The number of aryl methyl sites for hydroxylation is 1. The molecule has 2 aromatic rings. The van der Waals surface area contributed by atoms with E-state index in [-0.39, 0.29) is 5.69 Å². The average molecular weight is 340 g/mol. The van der Waals surface area contributed by atoms with Gasteiger partial charge in [-0.3, -0.25) is 14.8 Å². The Kier molecular flexibility index (Phi) is 4.73. The van der Waals surface area contributed by atoms with E-state index in [4.69, 9.17) is 4.74 Å². The second-order valence-electron chi connectivity index (χ2n) is 4.18. The van der Waals surface area contributed by atoms with Gasteiger partial charge < -0.3 is 4.74 Å². The maximum Gasteiger partial charge on any atom is 0.270 e. The molecule has 106 valence electrons. The van der Waals surface area contributed by atoms with Gasteiger partial charge in [0, 0.05) is 41.3 Å². The molecule has 0 saturated carbocycles. The number of ether oxygens (including phenoxy) is 1. The van der Waals surface area contributed by atoms with Gasteiger partial charge in [0.2, 0.25) is 0 Å². The highest BCUT2D eigenvalue weighted by atomic mass is 79.9. The Balaban J connectivity index is 2.10. The molecule has 1 aromatic carbocycles. The summed E-state index contributed by atoms with van der Waals surface area (Å²) in [5, 5.41) is 15.4. The van der Waals surface area contributed by atoms with Crippen LogP contribution in [0.5, 0.6) is 5.75 Å². The van der Waals surface area contributed by atoms with Gasteiger partial charge in [-0.25, -0.2) is 0 Å². The largest absolute Gasteiger partial charge is 0.488 e. The van der Waals surface area contributed by atoms with Gasteiger partial charge in [-0.15, -0.1) is 0 Å². The zero-order chi connectivity index (χ0) is 14.5. The Morgan fingerprint density at radius 3 is 2.90 bits per heavy atom. The molecule has 0 amide bonds. The summed E-state index contributed by atoms with van der Waals surface area (Å²) in [5.74, 6) is 0.636. The fourth-order valence-electron chi connectivity index (χ4n) is 1.74. The monoisotopic (exact) mass is 339 g/mol. The summed E-state index contributed by atoms with van der Waals surface area (Å²) < 4.78 is 7.52. The molecule has 0 spiro atoms. The standard InChI is InChI=1S/C13H14BrN3O3/c1-2-16-8-10(7-15-16)9-20-13-4-3-12(17(18)19)5-11(13)6-14/h3-5,7-8H,2,6,9H2,1H3. The topological polar surface area (TPSA) is 70.2 Å². The Morgan fingerprint density at radius 2 is 2.30 bits per heavy atom. The van der Waals surface area contributed by atoms with E-state index in [9.17, 15) is 10.1 Å². The van der Waals surface area contributed by atoms with E-state index >= 15 is 0 Å². The number of halogens is 1. The third kappa shape index (κ3) is 3.36. The first kappa shape index (κ1) is 14.5. The van der Waals surface area contributed by atoms with Gasteiger partial charge in [0.25, 0.3) is 5.69 Å². The molecule has 7 heteroatoms. The van der Waals surface area contributed by atoms with E-state index < -0.39 is 4.92 Å². The van der Waals surface area contributed by atoms with Crippen LogP contribution in [0.15, 0.2) is 30.6 Å². The lowest BCUT2D eigenvalue weighted by Crippen LogP contribution is -1.98. The zero-order valence-electron chi connectivity index (χ0n) is 11.0. The fraction of sp³-hybridized carbons (Fsp3) is 0.308. The molecule has 0 radical (unpaired) electrons. The number of aromatic nitrogens is 2. The number of hydrogen-bond donors (Lipinski definition) is 0. The molecule has 0 atom stereocenters. The summed E-state index contributed by atoms with van der Waals surface area (Å²) in [6, 6.07) is 4.58. The third-order valence-corrected chi connectivity index (χ3v) is 3.41. The van der Waals surface area contributed by atoms with E-state index in [0.29, 0.717) is 17.7 Å². The SMILES string of the molecule is CCn1cc(COc2ccc([N+](=O)[O-])cc2CBr)cn1. The zero-order valence-corrected chi connectivity index (χ0v) is 12.5. The van der Waals surface area contributed by atoms with Crippen LogP contribution in [0.4, 0.5) is 5.69 Å². The van der Waals surface area contributed by atoms with Crippen LogP contribution in [-0.4, -0.2) is 14.7 Å². The minimum absolute atomic E-state index is 0.0607. The van der Waals surface area contributed by atoms with E-state index in [0.717, 1.165) is 17.7 Å². The second-order valence-corrected chi connectivity index (χ2v) is 4.74. The Hall–Kier alpha value is -1.89. The third-order valence-electron chi connectivity index (χ3n) is 2.80. The van der Waals surface area contributed by atoms with Crippen LogP contribution in [0.3, 0.4) is 0 Å². The van der Waals surface area contributed by atoms with Gasteiger partial charge in [0.15, 0.2) is 0 Å². The molecule has 2 rings (SSSR count). The first-order valence-corrected chi connectivity index (χ1v) is 7.23. The molecule has 0 aliphatic carbocycles. The molecule has 0 fully saturated rings. The van der Waals surface area contributed by atoms with E-state index in [1.165, 1.54) is 12.1 Å². The molecule has 6 nitrogen and oxygen atoms in total. The number of benzene rings is 1. The Morgan fingerprint density at radius 1 is 1.50 bits per heavy atom. The molecule has 20 heavy (non-hydrogen) atoms. The number of nitrogens with zero attached hydrogens (tertiary/aromatic N) is 3. The van der Waals surface area contributed by atoms with Crippen molar-refractivity contribution in [2.75, 3.05) is 0 Å². The first-order chi connectivity index (χ1) is 9.63. The summed E-state index contributed by atoms with van der Waals surface area (Å²) in [4.78, 5) is 10.3. The summed E-state index contributed by atoms with van der Waals surface area (Å²) >= 11 is 3.31. The molecular weight excluding hydrogens is 326 g/mol. The Labute approximate surface area is 124 Å². The predicted molar refractivity (Wildman–Crippen MR) is 78.0 cm³/mol. The molecular formula is C13H14BrN3O3. The average Bonchev–Trinajstić information content (AvgIpc) is 2.92. The molecule has 0 N–H and O–H groups in total. The van der Waals surface area contributed by atoms with Gasteiger partial charge in [0.05, 0.1) is 11.1 Å². The number of hydrogen-bond acceptors (Lipinski definition) is 4. The second kappa shape index (κ2) is 6.51. The van der Waals surface area contributed by atoms with Crippen molar-refractivity contribution in [1.29, 1.82) is 0 Å².